The van der Waals surface area contributed by atoms with E-state index in [9.17, 15) is 0 Å². The van der Waals surface area contributed by atoms with Gasteiger partial charge in [-0.15, -0.1) is 0 Å². The maximum absolute atomic E-state index is 6.33. The summed E-state index contributed by atoms with van der Waals surface area (Å²) >= 11 is 12.5. The van der Waals surface area contributed by atoms with Crippen LogP contribution in [-0.2, 0) is 12.0 Å². The van der Waals surface area contributed by atoms with Gasteiger partial charge in [0.1, 0.15) is 0 Å². The van der Waals surface area contributed by atoms with E-state index in [2.05, 4.69) is 58.5 Å². The lowest BCUT2D eigenvalue weighted by atomic mass is 9.81. The van der Waals surface area contributed by atoms with Crippen LogP contribution in [0.15, 0.2) is 54.7 Å². The molecule has 0 radical (unpaired) electrons. The van der Waals surface area contributed by atoms with Crippen LogP contribution < -0.4 is 5.32 Å². The summed E-state index contributed by atoms with van der Waals surface area (Å²) in [5, 5.41) is 6.24. The van der Waals surface area contributed by atoms with Crippen molar-refractivity contribution in [2.45, 2.75) is 24.8 Å². The standard InChI is InChI=1S/C21H20Cl2N2/c22-17-6-5-16(11-18(17)23)21-8-9-24-13-20(21,12-21)14-25-10-7-15-3-1-2-4-19(15)25/h1-7,10-11,24H,8-9,12-14H2/t20?,21-/m1/s1. The van der Waals surface area contributed by atoms with Crippen molar-refractivity contribution in [2.24, 2.45) is 5.41 Å². The molecule has 0 spiro atoms. The van der Waals surface area contributed by atoms with Crippen molar-refractivity contribution < 1.29 is 0 Å². The molecule has 2 aliphatic rings. The first-order valence-corrected chi connectivity index (χ1v) is 9.59. The number of halogens is 2. The van der Waals surface area contributed by atoms with E-state index in [0.29, 0.717) is 10.0 Å². The van der Waals surface area contributed by atoms with Gasteiger partial charge in [-0.25, -0.2) is 0 Å². The highest BCUT2D eigenvalue weighted by atomic mass is 35.5. The van der Waals surface area contributed by atoms with Crippen LogP contribution in [0.3, 0.4) is 0 Å². The Labute approximate surface area is 157 Å². The van der Waals surface area contributed by atoms with E-state index >= 15 is 0 Å². The van der Waals surface area contributed by atoms with Gasteiger partial charge in [0.05, 0.1) is 10.0 Å². The Morgan fingerprint density at radius 2 is 1.92 bits per heavy atom. The Morgan fingerprint density at radius 1 is 1.04 bits per heavy atom. The summed E-state index contributed by atoms with van der Waals surface area (Å²) in [6.07, 6.45) is 4.59. The van der Waals surface area contributed by atoms with Crippen molar-refractivity contribution in [1.82, 2.24) is 9.88 Å². The summed E-state index contributed by atoms with van der Waals surface area (Å²) < 4.78 is 2.42. The number of aromatic nitrogens is 1. The van der Waals surface area contributed by atoms with Gasteiger partial charge < -0.3 is 9.88 Å². The zero-order valence-electron chi connectivity index (χ0n) is 13.9. The third-order valence-corrected chi connectivity index (χ3v) is 7.09. The molecule has 1 unspecified atom stereocenters. The number of benzene rings is 2. The third kappa shape index (κ3) is 2.28. The SMILES string of the molecule is Clc1ccc([C@]23CCNCC2(Cn2ccc4ccccc42)C3)cc1Cl. The number of para-hydroxylation sites is 1. The van der Waals surface area contributed by atoms with Gasteiger partial charge in [-0.3, -0.25) is 0 Å². The highest BCUT2D eigenvalue weighted by molar-refractivity contribution is 6.42. The smallest absolute Gasteiger partial charge is 0.0595 e. The monoisotopic (exact) mass is 370 g/mol. The molecule has 2 nitrogen and oxygen atoms in total. The van der Waals surface area contributed by atoms with Crippen LogP contribution in [-0.4, -0.2) is 17.7 Å². The highest BCUT2D eigenvalue weighted by Gasteiger charge is 2.68. The number of nitrogens with zero attached hydrogens (tertiary/aromatic N) is 1. The molecule has 3 aromatic rings. The third-order valence-electron chi connectivity index (χ3n) is 6.35. The van der Waals surface area contributed by atoms with Crippen LogP contribution in [0.1, 0.15) is 18.4 Å². The number of hydrogen-bond acceptors (Lipinski definition) is 1. The molecule has 4 heteroatoms. The van der Waals surface area contributed by atoms with Crippen LogP contribution in [0.5, 0.6) is 0 Å². The van der Waals surface area contributed by atoms with Crippen molar-refractivity contribution >= 4 is 34.1 Å². The zero-order valence-corrected chi connectivity index (χ0v) is 15.4. The van der Waals surface area contributed by atoms with Crippen LogP contribution in [0.25, 0.3) is 10.9 Å². The molecular formula is C21H20Cl2N2. The number of fused-ring (bicyclic) bond motifs is 2. The fourth-order valence-electron chi connectivity index (χ4n) is 4.96. The van der Waals surface area contributed by atoms with E-state index in [-0.39, 0.29) is 10.8 Å². The fourth-order valence-corrected chi connectivity index (χ4v) is 5.26. The van der Waals surface area contributed by atoms with Gasteiger partial charge >= 0.3 is 0 Å². The van der Waals surface area contributed by atoms with Gasteiger partial charge in [-0.1, -0.05) is 47.5 Å². The first-order chi connectivity index (χ1) is 12.1. The summed E-state index contributed by atoms with van der Waals surface area (Å²) in [7, 11) is 0. The van der Waals surface area contributed by atoms with Gasteiger partial charge in [-0.05, 0) is 54.6 Å². The lowest BCUT2D eigenvalue weighted by molar-refractivity contribution is 0.288. The molecule has 0 bridgehead atoms. The lowest BCUT2D eigenvalue weighted by Crippen LogP contribution is -2.40. The minimum absolute atomic E-state index is 0.220. The van der Waals surface area contributed by atoms with Crippen LogP contribution in [0.4, 0.5) is 0 Å². The second-order valence-corrected chi connectivity index (χ2v) is 8.41. The largest absolute Gasteiger partial charge is 0.347 e. The molecule has 1 N–H and O–H groups in total. The summed E-state index contributed by atoms with van der Waals surface area (Å²) in [5.41, 5.74) is 3.14. The van der Waals surface area contributed by atoms with Crippen molar-refractivity contribution in [1.29, 1.82) is 0 Å². The maximum atomic E-state index is 6.33. The first kappa shape index (κ1) is 15.7. The summed E-state index contributed by atoms with van der Waals surface area (Å²) in [6, 6.07) is 17.0. The van der Waals surface area contributed by atoms with Crippen LogP contribution in [0, 0.1) is 5.41 Å². The van der Waals surface area contributed by atoms with E-state index in [4.69, 9.17) is 23.2 Å². The van der Waals surface area contributed by atoms with E-state index < -0.39 is 0 Å². The quantitative estimate of drug-likeness (QED) is 0.664. The average Bonchev–Trinajstić information content (AvgIpc) is 3.16. The molecule has 1 aromatic heterocycles. The van der Waals surface area contributed by atoms with Crippen molar-refractivity contribution in [3.8, 4) is 0 Å². The molecule has 1 saturated carbocycles. The van der Waals surface area contributed by atoms with Crippen molar-refractivity contribution in [2.75, 3.05) is 13.1 Å². The fraction of sp³-hybridized carbons (Fsp3) is 0.333. The molecular weight excluding hydrogens is 351 g/mol. The van der Waals surface area contributed by atoms with Crippen molar-refractivity contribution in [3.05, 3.63) is 70.3 Å². The van der Waals surface area contributed by atoms with E-state index in [0.717, 1.165) is 26.1 Å². The van der Waals surface area contributed by atoms with Gasteiger partial charge in [0, 0.05) is 35.6 Å². The summed E-state index contributed by atoms with van der Waals surface area (Å²) in [5.74, 6) is 0. The normalized spacial score (nSPS) is 28.1. The molecule has 2 fully saturated rings. The van der Waals surface area contributed by atoms with Crippen molar-refractivity contribution in [3.63, 3.8) is 0 Å². The Bertz CT molecular complexity index is 963. The van der Waals surface area contributed by atoms with Gasteiger partial charge in [0.25, 0.3) is 0 Å². The molecule has 1 saturated heterocycles. The average molecular weight is 371 g/mol. The predicted octanol–water partition coefficient (Wildman–Crippen LogP) is 5.27. The van der Waals surface area contributed by atoms with Gasteiger partial charge in [-0.2, -0.15) is 0 Å². The molecule has 2 aromatic carbocycles. The summed E-state index contributed by atoms with van der Waals surface area (Å²) in [4.78, 5) is 0. The second kappa shape index (κ2) is 5.51. The minimum atomic E-state index is 0.220. The zero-order chi connectivity index (χ0) is 17.1. The number of rotatable bonds is 3. The maximum Gasteiger partial charge on any atom is 0.0595 e. The molecule has 1 aliphatic carbocycles. The highest BCUT2D eigenvalue weighted by Crippen LogP contribution is 2.68. The second-order valence-electron chi connectivity index (χ2n) is 7.60. The Kier molecular flexibility index (Phi) is 3.47. The number of hydrogen-bond donors (Lipinski definition) is 1. The topological polar surface area (TPSA) is 17.0 Å². The van der Waals surface area contributed by atoms with E-state index in [1.807, 2.05) is 6.07 Å². The lowest BCUT2D eigenvalue weighted by Gasteiger charge is -2.32. The van der Waals surface area contributed by atoms with E-state index in [1.165, 1.54) is 22.9 Å². The van der Waals surface area contributed by atoms with Crippen LogP contribution >= 0.6 is 23.2 Å². The molecule has 128 valence electrons. The number of piperidine rings is 1. The molecule has 0 amide bonds. The number of nitrogens with one attached hydrogen (secondary N) is 1. The van der Waals surface area contributed by atoms with Gasteiger partial charge in [0.2, 0.25) is 0 Å². The molecule has 2 atom stereocenters. The van der Waals surface area contributed by atoms with Gasteiger partial charge in [0.15, 0.2) is 0 Å². The molecule has 5 rings (SSSR count). The molecule has 25 heavy (non-hydrogen) atoms. The van der Waals surface area contributed by atoms with E-state index in [1.54, 1.807) is 0 Å². The first-order valence-electron chi connectivity index (χ1n) is 8.84. The Balaban J connectivity index is 1.54. The molecule has 1 aliphatic heterocycles. The summed E-state index contributed by atoms with van der Waals surface area (Å²) in [6.45, 7) is 3.15. The molecule has 2 heterocycles. The Hall–Kier alpha value is -1.48. The Morgan fingerprint density at radius 3 is 2.80 bits per heavy atom. The van der Waals surface area contributed by atoms with Crippen LogP contribution in [0.2, 0.25) is 10.0 Å². The predicted molar refractivity (Wildman–Crippen MR) is 105 cm³/mol. The minimum Gasteiger partial charge on any atom is -0.347 e.